The Hall–Kier alpha value is -0.0800. The highest BCUT2D eigenvalue weighted by molar-refractivity contribution is 7.99. The van der Waals surface area contributed by atoms with Crippen molar-refractivity contribution in [3.05, 3.63) is 17.0 Å². The van der Waals surface area contributed by atoms with Crippen LogP contribution in [0, 0.1) is 0 Å². The average molecular weight is 294 g/mol. The number of rotatable bonds is 7. The summed E-state index contributed by atoms with van der Waals surface area (Å²) in [5, 5.41) is 0.459. The minimum absolute atomic E-state index is 0.342. The Labute approximate surface area is 111 Å². The van der Waals surface area contributed by atoms with Gasteiger partial charge in [0.25, 0.3) is 0 Å². The molecule has 0 saturated heterocycles. The average Bonchev–Trinajstić information content (AvgIpc) is 2.77. The van der Waals surface area contributed by atoms with E-state index in [0.29, 0.717) is 22.5 Å². The maximum atomic E-state index is 11.9. The normalized spacial score (nSPS) is 13.8. The molecule has 0 fully saturated rings. The van der Waals surface area contributed by atoms with Crippen LogP contribution in [0.2, 0.25) is 0 Å². The van der Waals surface area contributed by atoms with E-state index in [-0.39, 0.29) is 0 Å². The van der Waals surface area contributed by atoms with Crippen LogP contribution < -0.4 is 10.5 Å². The molecule has 0 saturated carbocycles. The molecule has 0 radical (unpaired) electrons. The Kier molecular flexibility index (Phi) is 5.94. The zero-order valence-electron chi connectivity index (χ0n) is 9.97. The molecule has 98 valence electrons. The van der Waals surface area contributed by atoms with Crippen molar-refractivity contribution in [3.63, 3.8) is 0 Å². The van der Waals surface area contributed by atoms with E-state index in [4.69, 9.17) is 5.73 Å². The van der Waals surface area contributed by atoms with Gasteiger partial charge in [-0.1, -0.05) is 6.92 Å². The monoisotopic (exact) mass is 294 g/mol. The van der Waals surface area contributed by atoms with E-state index in [2.05, 4.69) is 11.6 Å². The van der Waals surface area contributed by atoms with Crippen molar-refractivity contribution in [3.8, 4) is 0 Å². The zero-order chi connectivity index (χ0) is 12.9. The first-order chi connectivity index (χ1) is 7.99. The lowest BCUT2D eigenvalue weighted by molar-refractivity contribution is 0.581. The molecule has 1 aromatic rings. The minimum Gasteiger partial charge on any atom is -0.326 e. The van der Waals surface area contributed by atoms with Crippen LogP contribution in [-0.4, -0.2) is 26.5 Å². The van der Waals surface area contributed by atoms with E-state index >= 15 is 0 Å². The number of nitrogens with two attached hydrogens (primary N) is 1. The van der Waals surface area contributed by atoms with Gasteiger partial charge in [0, 0.05) is 23.2 Å². The fourth-order valence-electron chi connectivity index (χ4n) is 1.20. The van der Waals surface area contributed by atoms with Gasteiger partial charge in [0.2, 0.25) is 10.0 Å². The van der Waals surface area contributed by atoms with Gasteiger partial charge in [-0.3, -0.25) is 0 Å². The summed E-state index contributed by atoms with van der Waals surface area (Å²) in [7, 11) is -3.35. The standard InChI is InChI=1S/C10H18N2O2S3/c1-8(15-2)5-6-12-17(13,14)10-4-3-9(7-11)16-10/h3-4,8,12H,5-7,11H2,1-2H3. The third-order valence-corrected chi connectivity index (χ3v) is 6.45. The summed E-state index contributed by atoms with van der Waals surface area (Å²) >= 11 is 2.95. The summed E-state index contributed by atoms with van der Waals surface area (Å²) in [6, 6.07) is 3.36. The van der Waals surface area contributed by atoms with E-state index in [1.807, 2.05) is 6.26 Å². The van der Waals surface area contributed by atoms with Crippen LogP contribution >= 0.6 is 23.1 Å². The smallest absolute Gasteiger partial charge is 0.250 e. The van der Waals surface area contributed by atoms with Crippen molar-refractivity contribution in [2.75, 3.05) is 12.8 Å². The second kappa shape index (κ2) is 6.75. The second-order valence-electron chi connectivity index (χ2n) is 3.66. The number of hydrogen-bond donors (Lipinski definition) is 2. The van der Waals surface area contributed by atoms with Crippen molar-refractivity contribution >= 4 is 33.1 Å². The lowest BCUT2D eigenvalue weighted by Gasteiger charge is -2.08. The van der Waals surface area contributed by atoms with Gasteiger partial charge >= 0.3 is 0 Å². The predicted octanol–water partition coefficient (Wildman–Crippen LogP) is 1.63. The highest BCUT2D eigenvalue weighted by atomic mass is 32.2. The fourth-order valence-corrected chi connectivity index (χ4v) is 3.88. The second-order valence-corrected chi connectivity index (χ2v) is 8.10. The van der Waals surface area contributed by atoms with E-state index in [1.54, 1.807) is 23.9 Å². The maximum absolute atomic E-state index is 11.9. The Morgan fingerprint density at radius 3 is 2.76 bits per heavy atom. The van der Waals surface area contributed by atoms with Gasteiger partial charge in [0.1, 0.15) is 4.21 Å². The van der Waals surface area contributed by atoms with Gasteiger partial charge in [-0.05, 0) is 24.8 Å². The van der Waals surface area contributed by atoms with Gasteiger partial charge in [-0.2, -0.15) is 11.8 Å². The Morgan fingerprint density at radius 1 is 1.53 bits per heavy atom. The van der Waals surface area contributed by atoms with E-state index in [1.165, 1.54) is 11.3 Å². The van der Waals surface area contributed by atoms with Crippen LogP contribution in [0.1, 0.15) is 18.2 Å². The largest absolute Gasteiger partial charge is 0.326 e. The molecule has 0 aromatic carbocycles. The molecule has 0 aliphatic rings. The van der Waals surface area contributed by atoms with Crippen LogP contribution in [0.5, 0.6) is 0 Å². The molecule has 17 heavy (non-hydrogen) atoms. The molecule has 0 amide bonds. The number of sulfonamides is 1. The summed E-state index contributed by atoms with van der Waals surface area (Å²) in [6.07, 6.45) is 2.85. The lowest BCUT2D eigenvalue weighted by Crippen LogP contribution is -2.25. The molecular weight excluding hydrogens is 276 g/mol. The minimum atomic E-state index is -3.35. The Morgan fingerprint density at radius 2 is 2.24 bits per heavy atom. The van der Waals surface area contributed by atoms with Crippen LogP contribution in [0.15, 0.2) is 16.3 Å². The number of thioether (sulfide) groups is 1. The first kappa shape index (κ1) is 15.0. The van der Waals surface area contributed by atoms with Crippen LogP contribution in [0.25, 0.3) is 0 Å². The van der Waals surface area contributed by atoms with Crippen LogP contribution in [0.3, 0.4) is 0 Å². The van der Waals surface area contributed by atoms with Crippen LogP contribution in [0.4, 0.5) is 0 Å². The van der Waals surface area contributed by atoms with Gasteiger partial charge in [-0.25, -0.2) is 13.1 Å². The third-order valence-electron chi connectivity index (χ3n) is 2.35. The maximum Gasteiger partial charge on any atom is 0.250 e. The highest BCUT2D eigenvalue weighted by Gasteiger charge is 2.16. The fraction of sp³-hybridized carbons (Fsp3) is 0.600. The summed E-state index contributed by atoms with van der Waals surface area (Å²) in [5.41, 5.74) is 5.46. The molecule has 0 spiro atoms. The molecule has 1 atom stereocenters. The number of hydrogen-bond acceptors (Lipinski definition) is 5. The molecule has 4 nitrogen and oxygen atoms in total. The van der Waals surface area contributed by atoms with E-state index in [0.717, 1.165) is 11.3 Å². The van der Waals surface area contributed by atoms with Crippen molar-refractivity contribution < 1.29 is 8.42 Å². The van der Waals surface area contributed by atoms with Gasteiger partial charge < -0.3 is 5.73 Å². The van der Waals surface area contributed by atoms with E-state index < -0.39 is 10.0 Å². The summed E-state index contributed by atoms with van der Waals surface area (Å²) in [5.74, 6) is 0. The Balaban J connectivity index is 2.56. The molecule has 0 bridgehead atoms. The van der Waals surface area contributed by atoms with Crippen molar-refractivity contribution in [1.29, 1.82) is 0 Å². The number of thiophene rings is 1. The van der Waals surface area contributed by atoms with Crippen LogP contribution in [-0.2, 0) is 16.6 Å². The molecular formula is C10H18N2O2S3. The molecule has 3 N–H and O–H groups in total. The first-order valence-corrected chi connectivity index (χ1v) is 8.89. The predicted molar refractivity (Wildman–Crippen MR) is 75.0 cm³/mol. The first-order valence-electron chi connectivity index (χ1n) is 5.31. The highest BCUT2D eigenvalue weighted by Crippen LogP contribution is 2.21. The van der Waals surface area contributed by atoms with Crippen molar-refractivity contribution in [2.45, 2.75) is 29.3 Å². The number of nitrogens with one attached hydrogen (secondary N) is 1. The third kappa shape index (κ3) is 4.59. The molecule has 1 aromatic heterocycles. The quantitative estimate of drug-likeness (QED) is 0.801. The van der Waals surface area contributed by atoms with E-state index in [9.17, 15) is 8.42 Å². The molecule has 7 heteroatoms. The zero-order valence-corrected chi connectivity index (χ0v) is 12.4. The summed E-state index contributed by atoms with van der Waals surface area (Å²) in [4.78, 5) is 0.878. The van der Waals surface area contributed by atoms with Crippen molar-refractivity contribution in [1.82, 2.24) is 4.72 Å². The lowest BCUT2D eigenvalue weighted by atomic mass is 10.3. The summed E-state index contributed by atoms with van der Waals surface area (Å²) < 4.78 is 26.7. The van der Waals surface area contributed by atoms with Gasteiger partial charge in [0.05, 0.1) is 0 Å². The SMILES string of the molecule is CSC(C)CCNS(=O)(=O)c1ccc(CN)s1. The topological polar surface area (TPSA) is 72.2 Å². The molecule has 0 aliphatic heterocycles. The van der Waals surface area contributed by atoms with Gasteiger partial charge in [-0.15, -0.1) is 11.3 Å². The molecule has 1 unspecified atom stereocenters. The Bertz CT molecular complexity index is 442. The summed E-state index contributed by atoms with van der Waals surface area (Å²) in [6.45, 7) is 2.93. The van der Waals surface area contributed by atoms with Crippen molar-refractivity contribution in [2.24, 2.45) is 5.73 Å². The molecule has 1 heterocycles. The molecule has 0 aliphatic carbocycles. The van der Waals surface area contributed by atoms with Gasteiger partial charge in [0.15, 0.2) is 0 Å². The molecule has 1 rings (SSSR count).